The Labute approximate surface area is 107 Å². The Morgan fingerprint density at radius 2 is 1.72 bits per heavy atom. The molecule has 1 saturated carbocycles. The van der Waals surface area contributed by atoms with Crippen LogP contribution in [0.25, 0.3) is 0 Å². The lowest BCUT2D eigenvalue weighted by Crippen LogP contribution is -2.62. The Morgan fingerprint density at radius 1 is 1.06 bits per heavy atom. The van der Waals surface area contributed by atoms with Crippen molar-refractivity contribution in [2.75, 3.05) is 0 Å². The zero-order valence-corrected chi connectivity index (χ0v) is 10.5. The summed E-state index contributed by atoms with van der Waals surface area (Å²) in [5.41, 5.74) is 1.05. The minimum atomic E-state index is -0.839. The van der Waals surface area contributed by atoms with Crippen molar-refractivity contribution in [3.05, 3.63) is 35.9 Å². The SMILES string of the molecule is O=C1[C@H](O)[C@H](c2ccccc2)N1C1CCCCC1. The summed E-state index contributed by atoms with van der Waals surface area (Å²) in [6.45, 7) is 0. The van der Waals surface area contributed by atoms with Crippen molar-refractivity contribution < 1.29 is 9.90 Å². The molecule has 0 aromatic heterocycles. The topological polar surface area (TPSA) is 40.5 Å². The highest BCUT2D eigenvalue weighted by atomic mass is 16.3. The van der Waals surface area contributed by atoms with E-state index in [1.165, 1.54) is 19.3 Å². The van der Waals surface area contributed by atoms with Gasteiger partial charge in [-0.3, -0.25) is 4.79 Å². The molecule has 1 aliphatic heterocycles. The van der Waals surface area contributed by atoms with E-state index in [1.807, 2.05) is 35.2 Å². The first-order valence-electron chi connectivity index (χ1n) is 6.84. The number of benzene rings is 1. The summed E-state index contributed by atoms with van der Waals surface area (Å²) in [5.74, 6) is -0.0873. The molecule has 2 atom stereocenters. The molecule has 0 unspecified atom stereocenters. The summed E-state index contributed by atoms with van der Waals surface area (Å²) < 4.78 is 0. The summed E-state index contributed by atoms with van der Waals surface area (Å²) >= 11 is 0. The number of amides is 1. The highest BCUT2D eigenvalue weighted by Crippen LogP contribution is 2.40. The maximum atomic E-state index is 11.9. The van der Waals surface area contributed by atoms with Crippen molar-refractivity contribution >= 4 is 5.91 Å². The summed E-state index contributed by atoms with van der Waals surface area (Å²) in [6, 6.07) is 10.1. The number of aliphatic hydroxyl groups excluding tert-OH is 1. The highest BCUT2D eigenvalue weighted by Gasteiger charge is 2.49. The highest BCUT2D eigenvalue weighted by molar-refractivity contribution is 5.89. The van der Waals surface area contributed by atoms with Crippen molar-refractivity contribution in [2.24, 2.45) is 0 Å². The number of hydrogen-bond donors (Lipinski definition) is 1. The molecule has 3 nitrogen and oxygen atoms in total. The molecule has 2 aliphatic rings. The monoisotopic (exact) mass is 245 g/mol. The maximum Gasteiger partial charge on any atom is 0.254 e. The van der Waals surface area contributed by atoms with Crippen LogP contribution < -0.4 is 0 Å². The first-order valence-corrected chi connectivity index (χ1v) is 6.84. The molecule has 0 bridgehead atoms. The molecule has 1 amide bonds. The molecule has 1 heterocycles. The third-order valence-electron chi connectivity index (χ3n) is 4.22. The van der Waals surface area contributed by atoms with Crippen LogP contribution in [0.4, 0.5) is 0 Å². The Morgan fingerprint density at radius 3 is 2.39 bits per heavy atom. The van der Waals surface area contributed by atoms with Crippen LogP contribution in [0.1, 0.15) is 43.7 Å². The van der Waals surface area contributed by atoms with Gasteiger partial charge in [-0.05, 0) is 18.4 Å². The lowest BCUT2D eigenvalue weighted by Gasteiger charge is -2.50. The van der Waals surface area contributed by atoms with E-state index in [2.05, 4.69) is 0 Å². The van der Waals surface area contributed by atoms with Crippen LogP contribution in [0.15, 0.2) is 30.3 Å². The van der Waals surface area contributed by atoms with E-state index in [-0.39, 0.29) is 11.9 Å². The molecule has 3 heteroatoms. The van der Waals surface area contributed by atoms with Crippen molar-refractivity contribution in [3.8, 4) is 0 Å². The Hall–Kier alpha value is -1.35. The second-order valence-corrected chi connectivity index (χ2v) is 5.34. The third-order valence-corrected chi connectivity index (χ3v) is 4.22. The lowest BCUT2D eigenvalue weighted by atomic mass is 9.84. The number of rotatable bonds is 2. The molecular weight excluding hydrogens is 226 g/mol. The van der Waals surface area contributed by atoms with Crippen LogP contribution in [-0.2, 0) is 4.79 Å². The average Bonchev–Trinajstić information content (AvgIpc) is 2.45. The van der Waals surface area contributed by atoms with E-state index < -0.39 is 6.10 Å². The van der Waals surface area contributed by atoms with Gasteiger partial charge in [-0.2, -0.15) is 0 Å². The molecule has 96 valence electrons. The van der Waals surface area contributed by atoms with Gasteiger partial charge in [-0.25, -0.2) is 0 Å². The number of aliphatic hydroxyl groups is 1. The minimum absolute atomic E-state index is 0.0873. The minimum Gasteiger partial charge on any atom is -0.381 e. The normalized spacial score (nSPS) is 29.2. The van der Waals surface area contributed by atoms with Gasteiger partial charge in [-0.15, -0.1) is 0 Å². The molecular formula is C15H19NO2. The fourth-order valence-corrected chi connectivity index (χ4v) is 3.25. The standard InChI is InChI=1S/C15H19NO2/c17-14-13(11-7-3-1-4-8-11)16(15(14)18)12-9-5-2-6-10-12/h1,3-4,7-8,12-14,17H,2,5-6,9-10H2/t13-,14+/m0/s1. The number of likely N-dealkylation sites (tertiary alicyclic amines) is 1. The molecule has 1 saturated heterocycles. The average molecular weight is 245 g/mol. The number of carbonyl (C=O) groups is 1. The van der Waals surface area contributed by atoms with Crippen molar-refractivity contribution in [1.29, 1.82) is 0 Å². The first-order chi connectivity index (χ1) is 8.79. The van der Waals surface area contributed by atoms with E-state index in [0.29, 0.717) is 6.04 Å². The number of β-lactam (4-membered cyclic amide) rings is 1. The summed E-state index contributed by atoms with van der Waals surface area (Å²) in [4.78, 5) is 13.8. The molecule has 1 aromatic rings. The second-order valence-electron chi connectivity index (χ2n) is 5.34. The molecule has 2 fully saturated rings. The Balaban J connectivity index is 1.82. The molecule has 0 spiro atoms. The van der Waals surface area contributed by atoms with E-state index in [0.717, 1.165) is 18.4 Å². The van der Waals surface area contributed by atoms with Crippen molar-refractivity contribution in [2.45, 2.75) is 50.3 Å². The van der Waals surface area contributed by atoms with Crippen molar-refractivity contribution in [1.82, 2.24) is 4.90 Å². The molecule has 18 heavy (non-hydrogen) atoms. The zero-order valence-electron chi connectivity index (χ0n) is 10.5. The predicted octanol–water partition coefficient (Wildman–Crippen LogP) is 2.26. The van der Waals surface area contributed by atoms with Crippen LogP contribution in [0.2, 0.25) is 0 Å². The van der Waals surface area contributed by atoms with Gasteiger partial charge in [-0.1, -0.05) is 49.6 Å². The van der Waals surface area contributed by atoms with Crippen molar-refractivity contribution in [3.63, 3.8) is 0 Å². The van der Waals surface area contributed by atoms with E-state index in [1.54, 1.807) is 0 Å². The van der Waals surface area contributed by atoms with Crippen LogP contribution in [-0.4, -0.2) is 28.1 Å². The second kappa shape index (κ2) is 4.73. The van der Waals surface area contributed by atoms with E-state index >= 15 is 0 Å². The van der Waals surface area contributed by atoms with Crippen LogP contribution in [0.3, 0.4) is 0 Å². The largest absolute Gasteiger partial charge is 0.381 e. The van der Waals surface area contributed by atoms with Gasteiger partial charge in [0.25, 0.3) is 5.91 Å². The smallest absolute Gasteiger partial charge is 0.254 e. The summed E-state index contributed by atoms with van der Waals surface area (Å²) in [6.07, 6.45) is 5.01. The third kappa shape index (κ3) is 1.83. The fraction of sp³-hybridized carbons (Fsp3) is 0.533. The molecule has 1 aromatic carbocycles. The number of hydrogen-bond acceptors (Lipinski definition) is 2. The summed E-state index contributed by atoms with van der Waals surface area (Å²) in [7, 11) is 0. The maximum absolute atomic E-state index is 11.9. The Bertz CT molecular complexity index is 425. The fourth-order valence-electron chi connectivity index (χ4n) is 3.25. The zero-order chi connectivity index (χ0) is 12.5. The van der Waals surface area contributed by atoms with Crippen LogP contribution >= 0.6 is 0 Å². The Kier molecular flexibility index (Phi) is 3.08. The van der Waals surface area contributed by atoms with Gasteiger partial charge in [0.1, 0.15) is 0 Å². The molecule has 1 N–H and O–H groups in total. The molecule has 3 rings (SSSR count). The number of nitrogens with zero attached hydrogens (tertiary/aromatic N) is 1. The van der Waals surface area contributed by atoms with E-state index in [4.69, 9.17) is 0 Å². The van der Waals surface area contributed by atoms with Crippen LogP contribution in [0.5, 0.6) is 0 Å². The quantitative estimate of drug-likeness (QED) is 0.812. The van der Waals surface area contributed by atoms with Gasteiger partial charge < -0.3 is 10.0 Å². The predicted molar refractivity (Wildman–Crippen MR) is 68.9 cm³/mol. The molecule has 0 radical (unpaired) electrons. The van der Waals surface area contributed by atoms with Gasteiger partial charge in [0.05, 0.1) is 6.04 Å². The van der Waals surface area contributed by atoms with Gasteiger partial charge >= 0.3 is 0 Å². The lowest BCUT2D eigenvalue weighted by molar-refractivity contribution is -0.174. The summed E-state index contributed by atoms with van der Waals surface area (Å²) in [5, 5.41) is 9.94. The molecule has 1 aliphatic carbocycles. The van der Waals surface area contributed by atoms with Gasteiger partial charge in [0.15, 0.2) is 6.10 Å². The van der Waals surface area contributed by atoms with Gasteiger partial charge in [0, 0.05) is 6.04 Å². The van der Waals surface area contributed by atoms with Gasteiger partial charge in [0.2, 0.25) is 0 Å². The van der Waals surface area contributed by atoms with Crippen LogP contribution in [0, 0.1) is 0 Å². The number of carbonyl (C=O) groups excluding carboxylic acids is 1. The first kappa shape index (κ1) is 11.7. The van der Waals surface area contributed by atoms with E-state index in [9.17, 15) is 9.90 Å².